The molecule has 2 aromatic carbocycles. The van der Waals surface area contributed by atoms with E-state index in [2.05, 4.69) is 35.2 Å². The van der Waals surface area contributed by atoms with Gasteiger partial charge in [0.05, 0.1) is 0 Å². The molecule has 1 aliphatic rings. The quantitative estimate of drug-likeness (QED) is 0.835. The summed E-state index contributed by atoms with van der Waals surface area (Å²) in [6.07, 6.45) is 3.15. The van der Waals surface area contributed by atoms with Gasteiger partial charge in [-0.05, 0) is 62.4 Å². The predicted octanol–water partition coefficient (Wildman–Crippen LogP) is 3.69. The average molecular weight is 339 g/mol. The molecule has 3 heteroatoms. The van der Waals surface area contributed by atoms with Gasteiger partial charge in [-0.1, -0.05) is 48.5 Å². The van der Waals surface area contributed by atoms with E-state index in [1.165, 1.54) is 24.8 Å². The van der Waals surface area contributed by atoms with Gasteiger partial charge >= 0.3 is 0 Å². The summed E-state index contributed by atoms with van der Waals surface area (Å²) >= 11 is 0. The topological polar surface area (TPSA) is 32.7 Å². The average Bonchev–Trinajstić information content (AvgIpc) is 2.64. The van der Waals surface area contributed by atoms with Crippen LogP contribution >= 0.6 is 0 Å². The highest BCUT2D eigenvalue weighted by Crippen LogP contribution is 2.22. The first kappa shape index (κ1) is 18.0. The van der Waals surface area contributed by atoms with E-state index >= 15 is 0 Å². The predicted molar refractivity (Wildman–Crippen MR) is 102 cm³/mol. The lowest BCUT2D eigenvalue weighted by atomic mass is 9.90. The van der Waals surface area contributed by atoms with Crippen LogP contribution in [0.4, 0.5) is 0 Å². The van der Waals surface area contributed by atoms with Gasteiger partial charge in [0.25, 0.3) is 0 Å². The lowest BCUT2D eigenvalue weighted by molar-refractivity contribution is 0.0549. The Balaban J connectivity index is 1.37. The Kier molecular flexibility index (Phi) is 6.48. The number of aliphatic hydroxyl groups excluding tert-OH is 1. The van der Waals surface area contributed by atoms with E-state index < -0.39 is 6.10 Å². The fraction of sp³-hybridized carbons (Fsp3) is 0.455. The number of β-amino-alcohol motifs (C(OH)–C–C–N with tert-alkyl or cyclic N) is 1. The van der Waals surface area contributed by atoms with Crippen LogP contribution in [0.5, 0.6) is 5.75 Å². The molecule has 1 atom stereocenters. The maximum absolute atomic E-state index is 10.3. The SMILES string of the molecule is Cc1ccccc1OCC(O)CN1CCC(Cc2ccccc2)CC1. The molecule has 0 aromatic heterocycles. The van der Waals surface area contributed by atoms with Gasteiger partial charge in [0.2, 0.25) is 0 Å². The molecule has 1 saturated heterocycles. The first-order chi connectivity index (χ1) is 12.2. The maximum atomic E-state index is 10.3. The summed E-state index contributed by atoms with van der Waals surface area (Å²) in [7, 11) is 0. The number of benzene rings is 2. The molecule has 0 bridgehead atoms. The molecule has 0 amide bonds. The van der Waals surface area contributed by atoms with Crippen molar-refractivity contribution in [3.05, 3.63) is 65.7 Å². The van der Waals surface area contributed by atoms with Crippen LogP contribution in [0.1, 0.15) is 24.0 Å². The van der Waals surface area contributed by atoms with Gasteiger partial charge in [-0.25, -0.2) is 0 Å². The zero-order valence-electron chi connectivity index (χ0n) is 15.1. The number of para-hydroxylation sites is 1. The van der Waals surface area contributed by atoms with Gasteiger partial charge in [-0.2, -0.15) is 0 Å². The molecule has 2 aromatic rings. The van der Waals surface area contributed by atoms with Crippen molar-refractivity contribution in [2.75, 3.05) is 26.2 Å². The van der Waals surface area contributed by atoms with Crippen LogP contribution in [0.3, 0.4) is 0 Å². The Morgan fingerprint density at radius 3 is 2.44 bits per heavy atom. The molecule has 1 unspecified atom stereocenters. The number of aliphatic hydroxyl groups is 1. The number of piperidine rings is 1. The molecule has 25 heavy (non-hydrogen) atoms. The van der Waals surface area contributed by atoms with Crippen LogP contribution in [-0.2, 0) is 6.42 Å². The summed E-state index contributed by atoms with van der Waals surface area (Å²) in [6.45, 7) is 5.22. The van der Waals surface area contributed by atoms with Gasteiger partial charge in [0.1, 0.15) is 18.5 Å². The number of hydrogen-bond acceptors (Lipinski definition) is 3. The molecular weight excluding hydrogens is 310 g/mol. The summed E-state index contributed by atoms with van der Waals surface area (Å²) < 4.78 is 5.76. The van der Waals surface area contributed by atoms with E-state index in [0.29, 0.717) is 13.2 Å². The molecular formula is C22H29NO2. The minimum absolute atomic E-state index is 0.356. The van der Waals surface area contributed by atoms with Crippen LogP contribution in [0.2, 0.25) is 0 Å². The van der Waals surface area contributed by atoms with Crippen LogP contribution in [0.15, 0.2) is 54.6 Å². The van der Waals surface area contributed by atoms with E-state index in [1.807, 2.05) is 31.2 Å². The van der Waals surface area contributed by atoms with Crippen molar-refractivity contribution in [2.45, 2.75) is 32.3 Å². The second kappa shape index (κ2) is 9.02. The summed E-state index contributed by atoms with van der Waals surface area (Å²) in [6, 6.07) is 18.7. The van der Waals surface area contributed by atoms with Crippen LogP contribution in [0.25, 0.3) is 0 Å². The molecule has 0 aliphatic carbocycles. The number of hydrogen-bond donors (Lipinski definition) is 1. The van der Waals surface area contributed by atoms with E-state index in [1.54, 1.807) is 0 Å². The molecule has 0 radical (unpaired) electrons. The van der Waals surface area contributed by atoms with Gasteiger partial charge < -0.3 is 14.7 Å². The smallest absolute Gasteiger partial charge is 0.122 e. The lowest BCUT2D eigenvalue weighted by Gasteiger charge is -2.33. The van der Waals surface area contributed by atoms with Crippen molar-refractivity contribution in [2.24, 2.45) is 5.92 Å². The molecule has 3 nitrogen and oxygen atoms in total. The molecule has 1 aliphatic heterocycles. The van der Waals surface area contributed by atoms with Gasteiger partial charge in [-0.3, -0.25) is 0 Å². The summed E-state index contributed by atoms with van der Waals surface area (Å²) in [4.78, 5) is 2.37. The molecule has 1 heterocycles. The highest BCUT2D eigenvalue weighted by Gasteiger charge is 2.21. The molecule has 1 fully saturated rings. The van der Waals surface area contributed by atoms with E-state index in [4.69, 9.17) is 4.74 Å². The standard InChI is InChI=1S/C22H29NO2/c1-18-7-5-6-10-22(18)25-17-21(24)16-23-13-11-20(12-14-23)15-19-8-3-2-4-9-19/h2-10,20-21,24H,11-17H2,1H3. The van der Waals surface area contributed by atoms with Crippen molar-refractivity contribution in [1.82, 2.24) is 4.90 Å². The number of rotatable bonds is 7. The zero-order chi connectivity index (χ0) is 17.5. The lowest BCUT2D eigenvalue weighted by Crippen LogP contribution is -2.41. The second-order valence-electron chi connectivity index (χ2n) is 7.16. The van der Waals surface area contributed by atoms with E-state index in [-0.39, 0.29) is 0 Å². The Labute approximate surface area is 151 Å². The van der Waals surface area contributed by atoms with Crippen molar-refractivity contribution < 1.29 is 9.84 Å². The minimum atomic E-state index is -0.440. The first-order valence-electron chi connectivity index (χ1n) is 9.33. The normalized spacial score (nSPS) is 17.4. The fourth-order valence-corrected chi connectivity index (χ4v) is 3.58. The zero-order valence-corrected chi connectivity index (χ0v) is 15.1. The van der Waals surface area contributed by atoms with E-state index in [9.17, 15) is 5.11 Å². The monoisotopic (exact) mass is 339 g/mol. The molecule has 1 N–H and O–H groups in total. The second-order valence-corrected chi connectivity index (χ2v) is 7.16. The molecule has 3 rings (SSSR count). The number of likely N-dealkylation sites (tertiary alicyclic amines) is 1. The van der Waals surface area contributed by atoms with Crippen molar-refractivity contribution in [3.8, 4) is 5.75 Å². The molecule has 0 spiro atoms. The number of nitrogens with zero attached hydrogens (tertiary/aromatic N) is 1. The van der Waals surface area contributed by atoms with Gasteiger partial charge in [0.15, 0.2) is 0 Å². The third kappa shape index (κ3) is 5.58. The third-order valence-corrected chi connectivity index (χ3v) is 5.07. The summed E-state index contributed by atoms with van der Waals surface area (Å²) in [5.41, 5.74) is 2.55. The van der Waals surface area contributed by atoms with Crippen molar-refractivity contribution in [1.29, 1.82) is 0 Å². The maximum Gasteiger partial charge on any atom is 0.122 e. The molecule has 134 valence electrons. The van der Waals surface area contributed by atoms with Crippen molar-refractivity contribution in [3.63, 3.8) is 0 Å². The van der Waals surface area contributed by atoms with Crippen molar-refractivity contribution >= 4 is 0 Å². The highest BCUT2D eigenvalue weighted by atomic mass is 16.5. The minimum Gasteiger partial charge on any atom is -0.491 e. The van der Waals surface area contributed by atoms with Gasteiger partial charge in [-0.15, -0.1) is 0 Å². The Morgan fingerprint density at radius 1 is 1.04 bits per heavy atom. The van der Waals surface area contributed by atoms with Crippen LogP contribution in [-0.4, -0.2) is 42.4 Å². The fourth-order valence-electron chi connectivity index (χ4n) is 3.58. The highest BCUT2D eigenvalue weighted by molar-refractivity contribution is 5.31. The number of aryl methyl sites for hydroxylation is 1. The summed E-state index contributed by atoms with van der Waals surface area (Å²) in [5.74, 6) is 1.63. The Bertz CT molecular complexity index is 635. The Morgan fingerprint density at radius 2 is 1.72 bits per heavy atom. The largest absolute Gasteiger partial charge is 0.491 e. The Hall–Kier alpha value is -1.84. The van der Waals surface area contributed by atoms with Crippen LogP contribution < -0.4 is 4.74 Å². The summed E-state index contributed by atoms with van der Waals surface area (Å²) in [5, 5.41) is 10.3. The molecule has 0 saturated carbocycles. The van der Waals surface area contributed by atoms with Crippen LogP contribution in [0, 0.1) is 12.8 Å². The first-order valence-corrected chi connectivity index (χ1v) is 9.33. The van der Waals surface area contributed by atoms with E-state index in [0.717, 1.165) is 30.3 Å². The third-order valence-electron chi connectivity index (χ3n) is 5.07. The van der Waals surface area contributed by atoms with Gasteiger partial charge in [0, 0.05) is 6.54 Å². The number of ether oxygens (including phenoxy) is 1.